The fourth-order valence-corrected chi connectivity index (χ4v) is 9.00. The van der Waals surface area contributed by atoms with Crippen LogP contribution in [0.2, 0.25) is 0 Å². The Morgan fingerprint density at radius 2 is 0.522 bits per heavy atom. The first-order valence-corrected chi connectivity index (χ1v) is 30.5. The number of rotatable bonds is 56. The van der Waals surface area contributed by atoms with Crippen molar-refractivity contribution in [2.45, 2.75) is 335 Å². The molecule has 0 aromatic heterocycles. The Morgan fingerprint density at radius 1 is 0.290 bits per heavy atom. The van der Waals surface area contributed by atoms with E-state index in [1.54, 1.807) is 0 Å². The van der Waals surface area contributed by atoms with Crippen LogP contribution in [0.15, 0.2) is 36.5 Å². The summed E-state index contributed by atoms with van der Waals surface area (Å²) in [6.07, 6.45) is 70.3. The van der Waals surface area contributed by atoms with Crippen LogP contribution < -0.4 is 0 Å². The van der Waals surface area contributed by atoms with Gasteiger partial charge in [-0.25, -0.2) is 0 Å². The number of esters is 3. The highest BCUT2D eigenvalue weighted by Crippen LogP contribution is 2.17. The van der Waals surface area contributed by atoms with E-state index in [-0.39, 0.29) is 31.1 Å². The number of carbonyl (C=O) groups excluding carboxylic acids is 3. The van der Waals surface area contributed by atoms with E-state index in [9.17, 15) is 14.4 Å². The summed E-state index contributed by atoms with van der Waals surface area (Å²) in [6.45, 7) is 6.62. The van der Waals surface area contributed by atoms with Gasteiger partial charge in [0.05, 0.1) is 0 Å². The van der Waals surface area contributed by atoms with Crippen molar-refractivity contribution in [2.75, 3.05) is 13.2 Å². The Hall–Kier alpha value is -2.37. The van der Waals surface area contributed by atoms with Crippen molar-refractivity contribution >= 4 is 17.9 Å². The third-order valence-electron chi connectivity index (χ3n) is 13.6. The summed E-state index contributed by atoms with van der Waals surface area (Å²) in [5.74, 6) is -0.876. The predicted molar refractivity (Wildman–Crippen MR) is 298 cm³/mol. The molecule has 0 spiro atoms. The van der Waals surface area contributed by atoms with Crippen molar-refractivity contribution in [3.05, 3.63) is 36.5 Å². The van der Waals surface area contributed by atoms with E-state index >= 15 is 0 Å². The minimum atomic E-state index is -0.775. The van der Waals surface area contributed by atoms with Crippen LogP contribution in [0, 0.1) is 0 Å². The summed E-state index contributed by atoms with van der Waals surface area (Å²) >= 11 is 0. The quantitative estimate of drug-likeness (QED) is 0.0261. The molecule has 0 heterocycles. The Morgan fingerprint density at radius 3 is 0.826 bits per heavy atom. The van der Waals surface area contributed by atoms with Gasteiger partial charge in [-0.1, -0.05) is 269 Å². The second kappa shape index (κ2) is 58.2. The number of ether oxygens (including phenoxy) is 3. The molecule has 0 rings (SSSR count). The third-order valence-corrected chi connectivity index (χ3v) is 13.6. The van der Waals surface area contributed by atoms with Crippen LogP contribution in [-0.2, 0) is 28.6 Å². The molecule has 0 aliphatic rings. The maximum absolute atomic E-state index is 12.8. The first-order chi connectivity index (χ1) is 34.0. The lowest BCUT2D eigenvalue weighted by atomic mass is 10.0. The zero-order chi connectivity index (χ0) is 50.0. The van der Waals surface area contributed by atoms with Crippen LogP contribution in [-0.4, -0.2) is 37.2 Å². The zero-order valence-corrected chi connectivity index (χ0v) is 46.3. The molecule has 0 radical (unpaired) electrons. The lowest BCUT2D eigenvalue weighted by Crippen LogP contribution is -2.30. The molecular formula is C63H116O6. The largest absolute Gasteiger partial charge is 0.462 e. The highest BCUT2D eigenvalue weighted by molar-refractivity contribution is 5.71. The Bertz CT molecular complexity index is 1160. The molecule has 6 heteroatoms. The van der Waals surface area contributed by atoms with Crippen molar-refractivity contribution in [2.24, 2.45) is 0 Å². The van der Waals surface area contributed by atoms with Gasteiger partial charge in [-0.2, -0.15) is 0 Å². The highest BCUT2D eigenvalue weighted by atomic mass is 16.6. The molecule has 0 amide bonds. The maximum Gasteiger partial charge on any atom is 0.306 e. The van der Waals surface area contributed by atoms with Crippen LogP contribution >= 0.6 is 0 Å². The summed E-state index contributed by atoms with van der Waals surface area (Å²) in [5.41, 5.74) is 0. The van der Waals surface area contributed by atoms with E-state index in [2.05, 4.69) is 57.2 Å². The normalized spacial score (nSPS) is 12.2. The number of hydrogen-bond acceptors (Lipinski definition) is 6. The molecule has 0 aromatic carbocycles. The van der Waals surface area contributed by atoms with Gasteiger partial charge < -0.3 is 14.2 Å². The Kier molecular flexibility index (Phi) is 56.2. The number of carbonyl (C=O) groups is 3. The smallest absolute Gasteiger partial charge is 0.306 e. The summed E-state index contributed by atoms with van der Waals surface area (Å²) in [6, 6.07) is 0. The Labute approximate surface area is 429 Å². The molecule has 0 aliphatic heterocycles. The third kappa shape index (κ3) is 56.4. The van der Waals surface area contributed by atoms with Gasteiger partial charge in [-0.3, -0.25) is 14.4 Å². The second-order valence-electron chi connectivity index (χ2n) is 20.6. The monoisotopic (exact) mass is 969 g/mol. The van der Waals surface area contributed by atoms with Gasteiger partial charge in [-0.15, -0.1) is 0 Å². The first-order valence-electron chi connectivity index (χ1n) is 30.5. The van der Waals surface area contributed by atoms with Crippen LogP contribution in [0.4, 0.5) is 0 Å². The second-order valence-corrected chi connectivity index (χ2v) is 20.6. The average molecular weight is 970 g/mol. The molecule has 404 valence electrons. The molecule has 0 fully saturated rings. The SMILES string of the molecule is CCCCCC/C=C\C/C=C\CCCCCCCC(=O)OC(COC(=O)CCCCCCCCCC)COC(=O)CCCCCCCCCCCCCCCCC/C=C\CCCCCCCCCC. The van der Waals surface area contributed by atoms with Gasteiger partial charge in [0.15, 0.2) is 6.10 Å². The minimum absolute atomic E-state index is 0.0742. The maximum atomic E-state index is 12.8. The summed E-state index contributed by atoms with van der Waals surface area (Å²) in [4.78, 5) is 38.0. The van der Waals surface area contributed by atoms with E-state index in [0.29, 0.717) is 19.3 Å². The summed E-state index contributed by atoms with van der Waals surface area (Å²) in [5, 5.41) is 0. The van der Waals surface area contributed by atoms with Crippen LogP contribution in [0.3, 0.4) is 0 Å². The van der Waals surface area contributed by atoms with E-state index in [0.717, 1.165) is 83.5 Å². The molecule has 0 N–H and O–H groups in total. The van der Waals surface area contributed by atoms with E-state index in [1.165, 1.54) is 205 Å². The van der Waals surface area contributed by atoms with Gasteiger partial charge in [-0.05, 0) is 77.0 Å². The summed E-state index contributed by atoms with van der Waals surface area (Å²) < 4.78 is 16.8. The molecule has 0 bridgehead atoms. The minimum Gasteiger partial charge on any atom is -0.462 e. The van der Waals surface area contributed by atoms with E-state index in [4.69, 9.17) is 14.2 Å². The molecule has 6 nitrogen and oxygen atoms in total. The van der Waals surface area contributed by atoms with Gasteiger partial charge in [0.25, 0.3) is 0 Å². The van der Waals surface area contributed by atoms with E-state index in [1.807, 2.05) is 0 Å². The van der Waals surface area contributed by atoms with Crippen molar-refractivity contribution < 1.29 is 28.6 Å². The molecular weight excluding hydrogens is 853 g/mol. The lowest BCUT2D eigenvalue weighted by Gasteiger charge is -2.18. The molecule has 1 unspecified atom stereocenters. The fraction of sp³-hybridized carbons (Fsp3) is 0.857. The van der Waals surface area contributed by atoms with E-state index < -0.39 is 6.10 Å². The Balaban J connectivity index is 4.11. The molecule has 0 saturated heterocycles. The number of allylic oxidation sites excluding steroid dienone is 6. The van der Waals surface area contributed by atoms with Gasteiger partial charge in [0, 0.05) is 19.3 Å². The molecule has 0 saturated carbocycles. The molecule has 69 heavy (non-hydrogen) atoms. The number of unbranched alkanes of at least 4 members (excludes halogenated alkanes) is 39. The first kappa shape index (κ1) is 66.6. The van der Waals surface area contributed by atoms with Gasteiger partial charge >= 0.3 is 17.9 Å². The topological polar surface area (TPSA) is 78.9 Å². The molecule has 0 aromatic rings. The van der Waals surface area contributed by atoms with Crippen LogP contribution in [0.1, 0.15) is 329 Å². The van der Waals surface area contributed by atoms with Crippen molar-refractivity contribution in [1.29, 1.82) is 0 Å². The molecule has 0 aliphatic carbocycles. The van der Waals surface area contributed by atoms with Gasteiger partial charge in [0.2, 0.25) is 0 Å². The molecule has 1 atom stereocenters. The standard InChI is InChI=1S/C63H116O6/c1-4-7-10-13-16-19-21-23-25-27-28-29-30-31-32-33-34-35-36-37-39-40-42-44-47-50-53-56-62(65)68-59-60(58-67-61(64)55-52-49-46-18-15-12-9-6-3)69-63(66)57-54-51-48-45-43-41-38-26-24-22-20-17-14-11-8-5-2/h20,22,26-28,38,60H,4-19,21,23-25,29-37,39-59H2,1-3H3/b22-20-,28-27-,38-26-. The van der Waals surface area contributed by atoms with Gasteiger partial charge in [0.1, 0.15) is 13.2 Å². The van der Waals surface area contributed by atoms with Crippen LogP contribution in [0.25, 0.3) is 0 Å². The van der Waals surface area contributed by atoms with Crippen molar-refractivity contribution in [1.82, 2.24) is 0 Å². The van der Waals surface area contributed by atoms with Crippen molar-refractivity contribution in [3.8, 4) is 0 Å². The van der Waals surface area contributed by atoms with Crippen LogP contribution in [0.5, 0.6) is 0 Å². The van der Waals surface area contributed by atoms with Crippen molar-refractivity contribution in [3.63, 3.8) is 0 Å². The highest BCUT2D eigenvalue weighted by Gasteiger charge is 2.19. The summed E-state index contributed by atoms with van der Waals surface area (Å²) in [7, 11) is 0. The lowest BCUT2D eigenvalue weighted by molar-refractivity contribution is -0.167. The zero-order valence-electron chi connectivity index (χ0n) is 46.3. The fourth-order valence-electron chi connectivity index (χ4n) is 9.00. The average Bonchev–Trinajstić information content (AvgIpc) is 3.35. The predicted octanol–water partition coefficient (Wildman–Crippen LogP) is 20.4. The number of hydrogen-bond donors (Lipinski definition) is 0.